The molecule has 0 amide bonds. The van der Waals surface area contributed by atoms with Gasteiger partial charge in [0.25, 0.3) is 0 Å². The highest BCUT2D eigenvalue weighted by atomic mass is 32.3. The third-order valence-electron chi connectivity index (χ3n) is 4.26. The molecule has 24 heavy (non-hydrogen) atoms. The van der Waals surface area contributed by atoms with E-state index in [1.54, 1.807) is 0 Å². The van der Waals surface area contributed by atoms with Crippen molar-refractivity contribution in [1.82, 2.24) is 0 Å². The Labute approximate surface area is 138 Å². The SMILES string of the molecule is O=S(=O)([O-])O[C@@H]([C@H](O)[C@H](O)CO)[C@H](O)CC1C[C@@H](O)[C@H](O)[C@H]1CO. The lowest BCUT2D eigenvalue weighted by Gasteiger charge is -2.32. The molecule has 1 unspecified atom stereocenters. The van der Waals surface area contributed by atoms with Gasteiger partial charge in [-0.15, -0.1) is 0 Å². The molecule has 1 saturated carbocycles. The van der Waals surface area contributed by atoms with Crippen molar-refractivity contribution in [1.29, 1.82) is 0 Å². The van der Waals surface area contributed by atoms with E-state index < -0.39 is 72.1 Å². The second kappa shape index (κ2) is 8.80. The highest BCUT2D eigenvalue weighted by Gasteiger charge is 2.44. The minimum atomic E-state index is -5.34. The zero-order valence-electron chi connectivity index (χ0n) is 12.6. The lowest BCUT2D eigenvalue weighted by Crippen LogP contribution is -2.49. The van der Waals surface area contributed by atoms with Crippen molar-refractivity contribution >= 4 is 10.4 Å². The van der Waals surface area contributed by atoms with E-state index in [1.165, 1.54) is 0 Å². The molecule has 1 aliphatic carbocycles. The predicted octanol–water partition coefficient (Wildman–Crippen LogP) is -4.35. The Morgan fingerprint density at radius 3 is 2.17 bits per heavy atom. The summed E-state index contributed by atoms with van der Waals surface area (Å²) in [6, 6.07) is 0. The van der Waals surface area contributed by atoms with Gasteiger partial charge in [0, 0.05) is 12.5 Å². The van der Waals surface area contributed by atoms with Crippen LogP contribution in [0.1, 0.15) is 12.8 Å². The maximum Gasteiger partial charge on any atom is 0.218 e. The Hall–Kier alpha value is -0.410. The first kappa shape index (κ1) is 21.6. The lowest BCUT2D eigenvalue weighted by molar-refractivity contribution is -0.111. The van der Waals surface area contributed by atoms with Crippen molar-refractivity contribution in [2.24, 2.45) is 11.8 Å². The lowest BCUT2D eigenvalue weighted by atomic mass is 9.87. The highest BCUT2D eigenvalue weighted by molar-refractivity contribution is 7.80. The van der Waals surface area contributed by atoms with Crippen LogP contribution in [0.25, 0.3) is 0 Å². The van der Waals surface area contributed by atoms with Crippen LogP contribution in [0.4, 0.5) is 0 Å². The van der Waals surface area contributed by atoms with Crippen molar-refractivity contribution in [3.05, 3.63) is 0 Å². The topological polar surface area (TPSA) is 208 Å². The summed E-state index contributed by atoms with van der Waals surface area (Å²) >= 11 is 0. The van der Waals surface area contributed by atoms with Crippen LogP contribution < -0.4 is 0 Å². The Bertz CT molecular complexity index is 483. The molecule has 1 fully saturated rings. The van der Waals surface area contributed by atoms with Gasteiger partial charge in [0.05, 0.1) is 24.9 Å². The van der Waals surface area contributed by atoms with Crippen LogP contribution >= 0.6 is 0 Å². The molecule has 7 N–H and O–H groups in total. The molecule has 0 heterocycles. The average molecular weight is 375 g/mol. The molecular weight excluding hydrogens is 352 g/mol. The molecule has 8 atom stereocenters. The Balaban J connectivity index is 2.89. The van der Waals surface area contributed by atoms with E-state index in [1.807, 2.05) is 0 Å². The van der Waals surface area contributed by atoms with Crippen molar-refractivity contribution in [2.45, 2.75) is 49.5 Å². The first-order valence-electron chi connectivity index (χ1n) is 7.28. The quantitative estimate of drug-likeness (QED) is 0.151. The minimum Gasteiger partial charge on any atom is -0.726 e. The summed E-state index contributed by atoms with van der Waals surface area (Å²) in [4.78, 5) is 0. The molecule has 1 rings (SSSR count). The Morgan fingerprint density at radius 2 is 1.71 bits per heavy atom. The molecule has 0 spiro atoms. The van der Waals surface area contributed by atoms with Crippen molar-refractivity contribution < 1.29 is 52.9 Å². The van der Waals surface area contributed by atoms with Gasteiger partial charge in [-0.05, 0) is 18.8 Å². The van der Waals surface area contributed by atoms with E-state index in [9.17, 15) is 43.6 Å². The van der Waals surface area contributed by atoms with Crippen LogP contribution in [-0.2, 0) is 14.6 Å². The van der Waals surface area contributed by atoms with Gasteiger partial charge < -0.3 is 40.3 Å². The largest absolute Gasteiger partial charge is 0.726 e. The molecule has 0 aromatic carbocycles. The van der Waals surface area contributed by atoms with Crippen molar-refractivity contribution in [3.63, 3.8) is 0 Å². The van der Waals surface area contributed by atoms with E-state index in [0.717, 1.165) is 0 Å². The normalized spacial score (nSPS) is 33.2. The third kappa shape index (κ3) is 5.56. The second-order valence-corrected chi connectivity index (χ2v) is 6.92. The van der Waals surface area contributed by atoms with Crippen LogP contribution in [-0.4, -0.2) is 98.6 Å². The number of aliphatic hydroxyl groups excluding tert-OH is 7. The van der Waals surface area contributed by atoms with Crippen LogP contribution in [0.15, 0.2) is 0 Å². The monoisotopic (exact) mass is 375 g/mol. The fourth-order valence-electron chi connectivity index (χ4n) is 2.97. The molecule has 11 nitrogen and oxygen atoms in total. The van der Waals surface area contributed by atoms with E-state index in [-0.39, 0.29) is 12.8 Å². The van der Waals surface area contributed by atoms with Gasteiger partial charge >= 0.3 is 0 Å². The standard InChI is InChI=1S/C12H24O11S/c13-3-6-5(1-7(15)10(6)18)2-8(16)12(23-24(20,21)22)11(19)9(17)4-14/h5-19H,1-4H2,(H,20,21,22)/p-1/t5?,6-,7+,8+,9+,10+,11+,12+/m0/s1. The van der Waals surface area contributed by atoms with Crippen LogP contribution in [0, 0.1) is 11.8 Å². The summed E-state index contributed by atoms with van der Waals surface area (Å²) in [5, 5.41) is 66.6. The van der Waals surface area contributed by atoms with Gasteiger partial charge in [-0.25, -0.2) is 8.42 Å². The van der Waals surface area contributed by atoms with E-state index >= 15 is 0 Å². The zero-order valence-corrected chi connectivity index (χ0v) is 13.4. The molecule has 12 heteroatoms. The zero-order chi connectivity index (χ0) is 18.7. The summed E-state index contributed by atoms with van der Waals surface area (Å²) in [6.45, 7) is -1.49. The van der Waals surface area contributed by atoms with Crippen LogP contribution in [0.2, 0.25) is 0 Å². The molecular formula is C12H23O11S-. The summed E-state index contributed by atoms with van der Waals surface area (Å²) in [5.41, 5.74) is 0. The molecule has 0 saturated heterocycles. The van der Waals surface area contributed by atoms with E-state index in [0.29, 0.717) is 0 Å². The van der Waals surface area contributed by atoms with Crippen molar-refractivity contribution in [3.8, 4) is 0 Å². The summed E-state index contributed by atoms with van der Waals surface area (Å²) in [6.07, 6.45) is -10.6. The van der Waals surface area contributed by atoms with Gasteiger partial charge in [0.2, 0.25) is 10.4 Å². The highest BCUT2D eigenvalue weighted by Crippen LogP contribution is 2.36. The summed E-state index contributed by atoms with van der Waals surface area (Å²) in [7, 11) is -5.34. The average Bonchev–Trinajstić information content (AvgIpc) is 2.76. The first-order valence-corrected chi connectivity index (χ1v) is 8.61. The number of hydrogen-bond donors (Lipinski definition) is 7. The maximum absolute atomic E-state index is 10.8. The van der Waals surface area contributed by atoms with E-state index in [4.69, 9.17) is 5.11 Å². The summed E-state index contributed by atoms with van der Waals surface area (Å²) < 4.78 is 36.4. The molecule has 0 bridgehead atoms. The van der Waals surface area contributed by atoms with Gasteiger partial charge in [-0.3, -0.25) is 4.18 Å². The molecule has 0 aromatic rings. The van der Waals surface area contributed by atoms with Gasteiger partial charge in [-0.2, -0.15) is 0 Å². The second-order valence-electron chi connectivity index (χ2n) is 5.91. The molecule has 0 radical (unpaired) electrons. The fourth-order valence-corrected chi connectivity index (χ4v) is 3.49. The molecule has 144 valence electrons. The third-order valence-corrected chi connectivity index (χ3v) is 4.72. The van der Waals surface area contributed by atoms with Crippen LogP contribution in [0.3, 0.4) is 0 Å². The number of hydrogen-bond acceptors (Lipinski definition) is 11. The predicted molar refractivity (Wildman–Crippen MR) is 75.0 cm³/mol. The van der Waals surface area contributed by atoms with Gasteiger partial charge in [0.1, 0.15) is 18.3 Å². The summed E-state index contributed by atoms with van der Waals surface area (Å²) in [5.74, 6) is -1.46. The first-order chi connectivity index (χ1) is 11.0. The van der Waals surface area contributed by atoms with Crippen LogP contribution in [0.5, 0.6) is 0 Å². The molecule has 0 aliphatic heterocycles. The smallest absolute Gasteiger partial charge is 0.218 e. The van der Waals surface area contributed by atoms with Gasteiger partial charge in [0.15, 0.2) is 0 Å². The number of rotatable bonds is 9. The maximum atomic E-state index is 10.8. The van der Waals surface area contributed by atoms with Gasteiger partial charge in [-0.1, -0.05) is 0 Å². The van der Waals surface area contributed by atoms with E-state index in [2.05, 4.69) is 4.18 Å². The Morgan fingerprint density at radius 1 is 1.12 bits per heavy atom. The molecule has 1 aliphatic rings. The number of aliphatic hydroxyl groups is 7. The minimum absolute atomic E-state index is 0.0149. The Kier molecular flexibility index (Phi) is 7.93. The van der Waals surface area contributed by atoms with Crippen molar-refractivity contribution in [2.75, 3.05) is 13.2 Å². The molecule has 0 aromatic heterocycles. The fraction of sp³-hybridized carbons (Fsp3) is 1.00.